The Morgan fingerprint density at radius 2 is 1.79 bits per heavy atom. The van der Waals surface area contributed by atoms with Crippen LogP contribution in [-0.2, 0) is 21.4 Å². The van der Waals surface area contributed by atoms with E-state index >= 15 is 0 Å². The lowest BCUT2D eigenvalue weighted by Crippen LogP contribution is -2.42. The van der Waals surface area contributed by atoms with Crippen LogP contribution in [0.5, 0.6) is 0 Å². The van der Waals surface area contributed by atoms with Crippen molar-refractivity contribution in [3.05, 3.63) is 58.1 Å². The van der Waals surface area contributed by atoms with Gasteiger partial charge in [0.2, 0.25) is 15.9 Å². The summed E-state index contributed by atoms with van der Waals surface area (Å²) in [4.78, 5) is 13.7. The summed E-state index contributed by atoms with van der Waals surface area (Å²) < 4.78 is 27.1. The number of piperidine rings is 1. The standard InChI is InChI=1S/C20H22Cl2N2O3S2/c1-28-17-5-2-14(3-6-17)13-23-20(25)15-8-10-24(11-9-15)29(26,27)19-12-16(21)4-7-18(19)22/h2-7,12,15H,8-11,13H2,1H3,(H,23,25). The maximum atomic E-state index is 12.9. The van der Waals surface area contributed by atoms with Gasteiger partial charge in [-0.2, -0.15) is 4.31 Å². The molecule has 1 fully saturated rings. The number of nitrogens with zero attached hydrogens (tertiary/aromatic N) is 1. The third-order valence-electron chi connectivity index (χ3n) is 4.96. The molecule has 1 amide bonds. The van der Waals surface area contributed by atoms with E-state index in [1.807, 2.05) is 30.5 Å². The summed E-state index contributed by atoms with van der Waals surface area (Å²) in [5, 5.41) is 3.41. The molecule has 1 aliphatic heterocycles. The molecule has 0 aromatic heterocycles. The minimum atomic E-state index is -3.74. The van der Waals surface area contributed by atoms with Gasteiger partial charge in [-0.1, -0.05) is 35.3 Å². The van der Waals surface area contributed by atoms with E-state index in [1.165, 1.54) is 21.3 Å². The van der Waals surface area contributed by atoms with Gasteiger partial charge in [-0.15, -0.1) is 11.8 Å². The zero-order valence-corrected chi connectivity index (χ0v) is 19.0. The summed E-state index contributed by atoms with van der Waals surface area (Å²) in [5.41, 5.74) is 1.03. The van der Waals surface area contributed by atoms with Gasteiger partial charge in [-0.3, -0.25) is 4.79 Å². The molecule has 0 radical (unpaired) electrons. The number of hydrogen-bond acceptors (Lipinski definition) is 4. The second-order valence-corrected chi connectivity index (χ2v) is 10.4. The Kier molecular flexibility index (Phi) is 7.51. The number of rotatable bonds is 6. The van der Waals surface area contributed by atoms with Crippen molar-refractivity contribution in [3.63, 3.8) is 0 Å². The van der Waals surface area contributed by atoms with Crippen molar-refractivity contribution in [1.82, 2.24) is 9.62 Å². The zero-order valence-electron chi connectivity index (χ0n) is 15.9. The summed E-state index contributed by atoms with van der Waals surface area (Å²) in [6, 6.07) is 12.4. The van der Waals surface area contributed by atoms with Crippen LogP contribution in [0.4, 0.5) is 0 Å². The lowest BCUT2D eigenvalue weighted by atomic mass is 9.97. The maximum absolute atomic E-state index is 12.9. The van der Waals surface area contributed by atoms with Crippen molar-refractivity contribution in [2.24, 2.45) is 5.92 Å². The maximum Gasteiger partial charge on any atom is 0.244 e. The van der Waals surface area contributed by atoms with Gasteiger partial charge in [0.15, 0.2) is 0 Å². The van der Waals surface area contributed by atoms with Crippen LogP contribution in [0.15, 0.2) is 52.3 Å². The van der Waals surface area contributed by atoms with Crippen molar-refractivity contribution in [2.45, 2.75) is 29.2 Å². The molecule has 0 atom stereocenters. The SMILES string of the molecule is CSc1ccc(CNC(=O)C2CCN(S(=O)(=O)c3cc(Cl)ccc3Cl)CC2)cc1. The van der Waals surface area contributed by atoms with E-state index in [9.17, 15) is 13.2 Å². The summed E-state index contributed by atoms with van der Waals surface area (Å²) >= 11 is 13.7. The van der Waals surface area contributed by atoms with Crippen molar-refractivity contribution >= 4 is 50.9 Å². The van der Waals surface area contributed by atoms with Crippen LogP contribution in [0.1, 0.15) is 18.4 Å². The second kappa shape index (κ2) is 9.71. The number of benzene rings is 2. The number of nitrogens with one attached hydrogen (secondary N) is 1. The van der Waals surface area contributed by atoms with Crippen LogP contribution >= 0.6 is 35.0 Å². The van der Waals surface area contributed by atoms with E-state index < -0.39 is 10.0 Å². The Morgan fingerprint density at radius 1 is 1.14 bits per heavy atom. The third kappa shape index (κ3) is 5.47. The van der Waals surface area contributed by atoms with Crippen LogP contribution in [0, 0.1) is 5.92 Å². The quantitative estimate of drug-likeness (QED) is 0.631. The van der Waals surface area contributed by atoms with E-state index in [1.54, 1.807) is 17.8 Å². The highest BCUT2D eigenvalue weighted by Crippen LogP contribution is 2.30. The molecule has 156 valence electrons. The number of carbonyl (C=O) groups is 1. The minimum Gasteiger partial charge on any atom is -0.352 e. The van der Waals surface area contributed by atoms with E-state index in [2.05, 4.69) is 5.32 Å². The first kappa shape index (κ1) is 22.4. The van der Waals surface area contributed by atoms with Gasteiger partial charge in [0.05, 0.1) is 5.02 Å². The van der Waals surface area contributed by atoms with Crippen molar-refractivity contribution in [1.29, 1.82) is 0 Å². The number of amides is 1. The smallest absolute Gasteiger partial charge is 0.244 e. The normalized spacial score (nSPS) is 16.0. The average molecular weight is 473 g/mol. The Balaban J connectivity index is 1.56. The average Bonchev–Trinajstić information content (AvgIpc) is 2.74. The molecule has 1 heterocycles. The van der Waals surface area contributed by atoms with Gasteiger partial charge in [-0.25, -0.2) is 8.42 Å². The third-order valence-corrected chi connectivity index (χ3v) is 8.32. The fourth-order valence-electron chi connectivity index (χ4n) is 3.25. The molecule has 0 aliphatic carbocycles. The molecule has 1 N–H and O–H groups in total. The molecular formula is C20H22Cl2N2O3S2. The number of carbonyl (C=O) groups excluding carboxylic acids is 1. The molecule has 0 spiro atoms. The number of hydrogen-bond donors (Lipinski definition) is 1. The molecule has 29 heavy (non-hydrogen) atoms. The molecule has 9 heteroatoms. The number of halogens is 2. The van der Waals surface area contributed by atoms with Gasteiger partial charge in [0, 0.05) is 35.5 Å². The fraction of sp³-hybridized carbons (Fsp3) is 0.350. The van der Waals surface area contributed by atoms with Gasteiger partial charge >= 0.3 is 0 Å². The molecule has 0 unspecified atom stereocenters. The van der Waals surface area contributed by atoms with E-state index in [0.29, 0.717) is 24.4 Å². The van der Waals surface area contributed by atoms with E-state index in [4.69, 9.17) is 23.2 Å². The predicted octanol–water partition coefficient (Wildman–Crippen LogP) is 4.43. The van der Waals surface area contributed by atoms with Crippen LogP contribution in [0.25, 0.3) is 0 Å². The van der Waals surface area contributed by atoms with Crippen LogP contribution in [0.3, 0.4) is 0 Å². The highest BCUT2D eigenvalue weighted by Gasteiger charge is 2.33. The molecule has 2 aromatic rings. The van der Waals surface area contributed by atoms with Crippen molar-refractivity contribution in [2.75, 3.05) is 19.3 Å². The van der Waals surface area contributed by atoms with Crippen molar-refractivity contribution in [3.8, 4) is 0 Å². The van der Waals surface area contributed by atoms with Gasteiger partial charge in [0.25, 0.3) is 0 Å². The lowest BCUT2D eigenvalue weighted by molar-refractivity contribution is -0.126. The Hall–Kier alpha value is -1.25. The van der Waals surface area contributed by atoms with Crippen molar-refractivity contribution < 1.29 is 13.2 Å². The van der Waals surface area contributed by atoms with Gasteiger partial charge in [0.1, 0.15) is 4.90 Å². The van der Waals surface area contributed by atoms with Crippen LogP contribution in [-0.4, -0.2) is 38.0 Å². The van der Waals surface area contributed by atoms with Crippen LogP contribution in [0.2, 0.25) is 10.0 Å². The molecule has 1 aliphatic rings. The largest absolute Gasteiger partial charge is 0.352 e. The summed E-state index contributed by atoms with van der Waals surface area (Å²) in [5.74, 6) is -0.251. The Bertz CT molecular complexity index is 974. The monoisotopic (exact) mass is 472 g/mol. The summed E-state index contributed by atoms with van der Waals surface area (Å²) in [7, 11) is -3.74. The van der Waals surface area contributed by atoms with E-state index in [-0.39, 0.29) is 34.8 Å². The zero-order chi connectivity index (χ0) is 21.0. The molecule has 0 saturated carbocycles. The fourth-order valence-corrected chi connectivity index (χ4v) is 5.86. The first-order valence-electron chi connectivity index (χ1n) is 9.17. The predicted molar refractivity (Wildman–Crippen MR) is 118 cm³/mol. The van der Waals surface area contributed by atoms with Gasteiger partial charge < -0.3 is 5.32 Å². The van der Waals surface area contributed by atoms with E-state index in [0.717, 1.165) is 5.56 Å². The molecular weight excluding hydrogens is 451 g/mol. The molecule has 5 nitrogen and oxygen atoms in total. The molecule has 3 rings (SSSR count). The van der Waals surface area contributed by atoms with Crippen LogP contribution < -0.4 is 5.32 Å². The topological polar surface area (TPSA) is 66.5 Å². The highest BCUT2D eigenvalue weighted by molar-refractivity contribution is 7.98. The summed E-state index contributed by atoms with van der Waals surface area (Å²) in [6.45, 7) is 1.00. The first-order valence-corrected chi connectivity index (χ1v) is 12.6. The van der Waals surface area contributed by atoms with Gasteiger partial charge in [-0.05, 0) is 55.0 Å². The molecule has 2 aromatic carbocycles. The number of thioether (sulfide) groups is 1. The first-order chi connectivity index (χ1) is 13.8. The number of sulfonamides is 1. The molecule has 0 bridgehead atoms. The Morgan fingerprint density at radius 3 is 2.41 bits per heavy atom. The molecule has 1 saturated heterocycles. The lowest BCUT2D eigenvalue weighted by Gasteiger charge is -2.30. The minimum absolute atomic E-state index is 0.00302. The highest BCUT2D eigenvalue weighted by atomic mass is 35.5. The summed E-state index contributed by atoms with van der Waals surface area (Å²) in [6.07, 6.45) is 2.95. The second-order valence-electron chi connectivity index (χ2n) is 6.82. The Labute approximate surface area is 185 Å².